The fourth-order valence-electron chi connectivity index (χ4n) is 3.07. The van der Waals surface area contributed by atoms with Crippen LogP contribution < -0.4 is 0 Å². The SMILES string of the molecule is CC(=O)N(CCc1nc(C2CCCN2C(=O)C(F)(F)F)cs1)C(C)C. The van der Waals surface area contributed by atoms with E-state index in [1.54, 1.807) is 10.3 Å². The number of amides is 2. The van der Waals surface area contributed by atoms with Crippen LogP contribution in [0.1, 0.15) is 50.4 Å². The van der Waals surface area contributed by atoms with Crippen molar-refractivity contribution in [2.24, 2.45) is 0 Å². The second-order valence-electron chi connectivity index (χ2n) is 6.38. The van der Waals surface area contributed by atoms with Crippen LogP contribution in [-0.2, 0) is 16.0 Å². The van der Waals surface area contributed by atoms with Crippen LogP contribution in [0.15, 0.2) is 5.38 Å². The third-order valence-corrected chi connectivity index (χ3v) is 5.19. The predicted octanol–water partition coefficient (Wildman–Crippen LogP) is 3.17. The molecule has 0 saturated carbocycles. The molecule has 0 N–H and O–H groups in total. The summed E-state index contributed by atoms with van der Waals surface area (Å²) < 4.78 is 38.1. The molecule has 1 aliphatic heterocycles. The van der Waals surface area contributed by atoms with E-state index in [1.807, 2.05) is 13.8 Å². The van der Waals surface area contributed by atoms with Crippen molar-refractivity contribution in [3.63, 3.8) is 0 Å². The lowest BCUT2D eigenvalue weighted by Gasteiger charge is -2.25. The minimum atomic E-state index is -4.86. The van der Waals surface area contributed by atoms with Gasteiger partial charge in [0.1, 0.15) is 0 Å². The number of alkyl halides is 3. The fourth-order valence-corrected chi connectivity index (χ4v) is 3.90. The van der Waals surface area contributed by atoms with Crippen molar-refractivity contribution in [3.05, 3.63) is 16.1 Å². The lowest BCUT2D eigenvalue weighted by atomic mass is 10.1. The predicted molar refractivity (Wildman–Crippen MR) is 88.1 cm³/mol. The molecular weight excluding hydrogens is 355 g/mol. The first kappa shape index (κ1) is 19.7. The van der Waals surface area contributed by atoms with Crippen molar-refractivity contribution < 1.29 is 22.8 Å². The van der Waals surface area contributed by atoms with Gasteiger partial charge in [0.05, 0.1) is 16.7 Å². The van der Waals surface area contributed by atoms with Gasteiger partial charge >= 0.3 is 12.1 Å². The number of thiazole rings is 1. The van der Waals surface area contributed by atoms with Gasteiger partial charge in [-0.1, -0.05) is 0 Å². The molecule has 2 amide bonds. The molecule has 1 aliphatic rings. The van der Waals surface area contributed by atoms with Crippen molar-refractivity contribution >= 4 is 23.2 Å². The molecule has 2 heterocycles. The van der Waals surface area contributed by atoms with Gasteiger partial charge in [0.2, 0.25) is 5.91 Å². The molecule has 1 aromatic heterocycles. The Kier molecular flexibility index (Phi) is 6.08. The zero-order valence-electron chi connectivity index (χ0n) is 14.5. The van der Waals surface area contributed by atoms with Gasteiger partial charge in [-0.05, 0) is 26.7 Å². The van der Waals surface area contributed by atoms with E-state index in [1.165, 1.54) is 18.3 Å². The van der Waals surface area contributed by atoms with E-state index in [0.717, 1.165) is 9.91 Å². The Balaban J connectivity index is 2.05. The lowest BCUT2D eigenvalue weighted by Crippen LogP contribution is -2.40. The van der Waals surface area contributed by atoms with Gasteiger partial charge in [-0.25, -0.2) is 4.98 Å². The van der Waals surface area contributed by atoms with Crippen molar-refractivity contribution in [1.29, 1.82) is 0 Å². The van der Waals surface area contributed by atoms with Crippen LogP contribution >= 0.6 is 11.3 Å². The van der Waals surface area contributed by atoms with Gasteiger partial charge in [0, 0.05) is 37.9 Å². The molecule has 1 fully saturated rings. The van der Waals surface area contributed by atoms with E-state index in [9.17, 15) is 22.8 Å². The number of aromatic nitrogens is 1. The molecule has 2 rings (SSSR count). The standard InChI is InChI=1S/C16H22F3N3O2S/c1-10(2)21(11(3)23)8-6-14-20-12(9-25-14)13-5-4-7-22(13)15(24)16(17,18)19/h9-10,13H,4-8H2,1-3H3. The lowest BCUT2D eigenvalue weighted by molar-refractivity contribution is -0.186. The number of likely N-dealkylation sites (tertiary alicyclic amines) is 1. The van der Waals surface area contributed by atoms with Crippen molar-refractivity contribution in [3.8, 4) is 0 Å². The summed E-state index contributed by atoms with van der Waals surface area (Å²) in [6.45, 7) is 5.96. The average molecular weight is 377 g/mol. The third-order valence-electron chi connectivity index (χ3n) is 4.26. The number of carbonyl (C=O) groups is 2. The summed E-state index contributed by atoms with van der Waals surface area (Å²) in [6.07, 6.45) is -3.30. The molecule has 25 heavy (non-hydrogen) atoms. The van der Waals surface area contributed by atoms with Gasteiger partial charge < -0.3 is 9.80 Å². The number of hydrogen-bond donors (Lipinski definition) is 0. The summed E-state index contributed by atoms with van der Waals surface area (Å²) in [5.41, 5.74) is 0.508. The summed E-state index contributed by atoms with van der Waals surface area (Å²) in [5, 5.41) is 2.48. The Morgan fingerprint density at radius 3 is 2.68 bits per heavy atom. The van der Waals surface area contributed by atoms with Gasteiger partial charge in [-0.2, -0.15) is 13.2 Å². The molecule has 0 aromatic carbocycles. The first-order valence-electron chi connectivity index (χ1n) is 8.20. The molecule has 1 unspecified atom stereocenters. The van der Waals surface area contributed by atoms with Gasteiger partial charge in [-0.3, -0.25) is 9.59 Å². The maximum atomic E-state index is 12.7. The quantitative estimate of drug-likeness (QED) is 0.792. The summed E-state index contributed by atoms with van der Waals surface area (Å²) in [7, 11) is 0. The maximum Gasteiger partial charge on any atom is 0.471 e. The largest absolute Gasteiger partial charge is 0.471 e. The molecule has 5 nitrogen and oxygen atoms in total. The van der Waals surface area contributed by atoms with Crippen molar-refractivity contribution in [2.45, 2.75) is 58.3 Å². The van der Waals surface area contributed by atoms with Crippen LogP contribution in [0.2, 0.25) is 0 Å². The zero-order valence-corrected chi connectivity index (χ0v) is 15.3. The van der Waals surface area contributed by atoms with Crippen LogP contribution in [0.5, 0.6) is 0 Å². The van der Waals surface area contributed by atoms with E-state index < -0.39 is 18.1 Å². The maximum absolute atomic E-state index is 12.7. The Bertz CT molecular complexity index is 630. The number of nitrogens with zero attached hydrogens (tertiary/aromatic N) is 3. The minimum Gasteiger partial charge on any atom is -0.340 e. The molecule has 0 radical (unpaired) electrons. The smallest absolute Gasteiger partial charge is 0.340 e. The molecule has 0 aliphatic carbocycles. The average Bonchev–Trinajstić information content (AvgIpc) is 3.13. The molecule has 1 saturated heterocycles. The van der Waals surface area contributed by atoms with Crippen LogP contribution in [0.4, 0.5) is 13.2 Å². The van der Waals surface area contributed by atoms with E-state index in [2.05, 4.69) is 4.98 Å². The van der Waals surface area contributed by atoms with Crippen LogP contribution in [0.3, 0.4) is 0 Å². The van der Waals surface area contributed by atoms with E-state index >= 15 is 0 Å². The highest BCUT2D eigenvalue weighted by Gasteiger charge is 2.46. The zero-order chi connectivity index (χ0) is 18.8. The minimum absolute atomic E-state index is 0.0236. The molecule has 9 heteroatoms. The second kappa shape index (κ2) is 7.72. The molecule has 140 valence electrons. The molecule has 0 bridgehead atoms. The van der Waals surface area contributed by atoms with Crippen molar-refractivity contribution in [1.82, 2.24) is 14.8 Å². The molecule has 1 aromatic rings. The van der Waals surface area contributed by atoms with Crippen molar-refractivity contribution in [2.75, 3.05) is 13.1 Å². The molecular formula is C16H22F3N3O2S. The number of carbonyl (C=O) groups excluding carboxylic acids is 2. The van der Waals surface area contributed by atoms with Gasteiger partial charge in [0.25, 0.3) is 0 Å². The van der Waals surface area contributed by atoms with E-state index in [0.29, 0.717) is 31.5 Å². The fraction of sp³-hybridized carbons (Fsp3) is 0.688. The Morgan fingerprint density at radius 1 is 1.44 bits per heavy atom. The van der Waals surface area contributed by atoms with Crippen LogP contribution in [0, 0.1) is 0 Å². The van der Waals surface area contributed by atoms with Crippen LogP contribution in [0.25, 0.3) is 0 Å². The number of hydrogen-bond acceptors (Lipinski definition) is 4. The van der Waals surface area contributed by atoms with Gasteiger partial charge in [-0.15, -0.1) is 11.3 Å². The topological polar surface area (TPSA) is 53.5 Å². The van der Waals surface area contributed by atoms with E-state index in [-0.39, 0.29) is 18.5 Å². The second-order valence-corrected chi connectivity index (χ2v) is 7.32. The molecule has 0 spiro atoms. The Morgan fingerprint density at radius 2 is 2.12 bits per heavy atom. The normalized spacial score (nSPS) is 18.0. The van der Waals surface area contributed by atoms with Gasteiger partial charge in [0.15, 0.2) is 0 Å². The summed E-state index contributed by atoms with van der Waals surface area (Å²) in [6, 6.07) is -0.542. The first-order valence-corrected chi connectivity index (χ1v) is 9.08. The highest BCUT2D eigenvalue weighted by atomic mass is 32.1. The third kappa shape index (κ3) is 4.71. The Hall–Kier alpha value is -1.64. The monoisotopic (exact) mass is 377 g/mol. The number of halogens is 3. The summed E-state index contributed by atoms with van der Waals surface area (Å²) in [4.78, 5) is 30.2. The highest BCUT2D eigenvalue weighted by Crippen LogP contribution is 2.35. The Labute approximate surface area is 148 Å². The number of rotatable bonds is 5. The summed E-state index contributed by atoms with van der Waals surface area (Å²) >= 11 is 1.35. The summed E-state index contributed by atoms with van der Waals surface area (Å²) in [5.74, 6) is -1.82. The van der Waals surface area contributed by atoms with E-state index in [4.69, 9.17) is 0 Å². The van der Waals surface area contributed by atoms with Crippen LogP contribution in [-0.4, -0.2) is 51.9 Å². The highest BCUT2D eigenvalue weighted by molar-refractivity contribution is 7.09. The first-order chi connectivity index (χ1) is 11.6. The molecule has 1 atom stereocenters.